The predicted octanol–water partition coefficient (Wildman–Crippen LogP) is 3.74. The van der Waals surface area contributed by atoms with Gasteiger partial charge in [-0.05, 0) is 51.3 Å². The zero-order valence-electron chi connectivity index (χ0n) is 15.1. The topological polar surface area (TPSA) is 47.2 Å². The lowest BCUT2D eigenvalue weighted by molar-refractivity contribution is 0.0931. The molecule has 5 nitrogen and oxygen atoms in total. The van der Waals surface area contributed by atoms with E-state index in [1.807, 2.05) is 30.3 Å². The Labute approximate surface area is 152 Å². The number of hydrogen-bond donors (Lipinski definition) is 0. The Balaban J connectivity index is 1.60. The van der Waals surface area contributed by atoms with Crippen molar-refractivity contribution in [3.8, 4) is 0 Å². The Morgan fingerprint density at radius 3 is 2.92 bits per heavy atom. The van der Waals surface area contributed by atoms with E-state index in [4.69, 9.17) is 14.0 Å². The minimum absolute atomic E-state index is 0.427. The summed E-state index contributed by atoms with van der Waals surface area (Å²) in [6.45, 7) is 2.14. The molecule has 5 heteroatoms. The van der Waals surface area contributed by atoms with Crippen molar-refractivity contribution in [1.82, 2.24) is 4.90 Å². The van der Waals surface area contributed by atoms with Gasteiger partial charge in [-0.15, -0.1) is 0 Å². The van der Waals surface area contributed by atoms with E-state index < -0.39 is 0 Å². The molecule has 1 aromatic heterocycles. The van der Waals surface area contributed by atoms with Crippen LogP contribution in [0.15, 0.2) is 58.0 Å². The molecule has 0 N–H and O–H groups in total. The zero-order valence-corrected chi connectivity index (χ0v) is 15.1. The minimum atomic E-state index is 0.427. The number of fused-ring (bicyclic) bond motifs is 5. The molecule has 0 saturated carbocycles. The van der Waals surface area contributed by atoms with E-state index in [-0.39, 0.29) is 0 Å². The molecule has 0 fully saturated rings. The van der Waals surface area contributed by atoms with Crippen LogP contribution in [0.5, 0.6) is 0 Å². The van der Waals surface area contributed by atoms with Gasteiger partial charge in [0.2, 0.25) is 0 Å². The summed E-state index contributed by atoms with van der Waals surface area (Å²) in [5, 5.41) is 8.31. The van der Waals surface area contributed by atoms with Gasteiger partial charge < -0.3 is 18.9 Å². The van der Waals surface area contributed by atoms with Crippen molar-refractivity contribution >= 4 is 27.8 Å². The van der Waals surface area contributed by atoms with Crippen LogP contribution < -0.4 is 5.36 Å². The third-order valence-electron chi connectivity index (χ3n) is 4.41. The number of ether oxygens (including phenoxy) is 1. The van der Waals surface area contributed by atoms with Crippen LogP contribution in [0.1, 0.15) is 12.0 Å². The second kappa shape index (κ2) is 7.32. The Kier molecular flexibility index (Phi) is 4.73. The molecule has 1 aliphatic rings. The first-order valence-electron chi connectivity index (χ1n) is 8.80. The molecule has 0 radical (unpaired) electrons. The molecular formula is C21H22N2O3. The smallest absolute Gasteiger partial charge is 0.161 e. The normalized spacial score (nSPS) is 13.4. The van der Waals surface area contributed by atoms with Crippen LogP contribution in [-0.2, 0) is 9.57 Å². The second-order valence-corrected chi connectivity index (χ2v) is 6.70. The van der Waals surface area contributed by atoms with Crippen LogP contribution in [0.25, 0.3) is 27.8 Å². The molecule has 0 spiro atoms. The lowest BCUT2D eigenvalue weighted by Crippen LogP contribution is -2.16. The fourth-order valence-electron chi connectivity index (χ4n) is 3.17. The summed E-state index contributed by atoms with van der Waals surface area (Å²) in [7, 11) is 4.12. The molecule has 26 heavy (non-hydrogen) atoms. The van der Waals surface area contributed by atoms with Gasteiger partial charge in [0.15, 0.2) is 5.76 Å². The Morgan fingerprint density at radius 2 is 2.04 bits per heavy atom. The molecule has 4 rings (SSSR count). The van der Waals surface area contributed by atoms with Crippen molar-refractivity contribution in [1.29, 1.82) is 0 Å². The van der Waals surface area contributed by atoms with Crippen LogP contribution in [0.4, 0.5) is 0 Å². The standard InChI is InChI=1S/C21H22N2O3/c1-23(2)9-5-10-24-14-17-12-15-6-3-8-18-19(20(15)22-26-17)13-16-7-4-11-25-21(16)18/h3-4,6-8,11-13H,5,9-10,14H2,1-2H3. The van der Waals surface area contributed by atoms with E-state index >= 15 is 0 Å². The molecule has 3 aromatic rings. The van der Waals surface area contributed by atoms with Crippen molar-refractivity contribution < 1.29 is 14.0 Å². The number of rotatable bonds is 6. The highest BCUT2D eigenvalue weighted by molar-refractivity contribution is 6.08. The Bertz CT molecular complexity index is 1030. The van der Waals surface area contributed by atoms with E-state index in [2.05, 4.69) is 36.3 Å². The maximum atomic E-state index is 5.70. The van der Waals surface area contributed by atoms with Gasteiger partial charge >= 0.3 is 0 Å². The lowest BCUT2D eigenvalue weighted by atomic mass is 10.2. The molecule has 1 aliphatic heterocycles. The highest BCUT2D eigenvalue weighted by atomic mass is 16.6. The molecule has 0 saturated heterocycles. The maximum absolute atomic E-state index is 5.70. The van der Waals surface area contributed by atoms with E-state index in [1.165, 1.54) is 0 Å². The third-order valence-corrected chi connectivity index (χ3v) is 4.41. The van der Waals surface area contributed by atoms with Crippen molar-refractivity contribution in [3.05, 3.63) is 59.3 Å². The molecule has 134 valence electrons. The molecule has 0 atom stereocenters. The van der Waals surface area contributed by atoms with Gasteiger partial charge in [-0.25, -0.2) is 0 Å². The van der Waals surface area contributed by atoms with E-state index in [0.717, 1.165) is 51.4 Å². The van der Waals surface area contributed by atoms with E-state index in [0.29, 0.717) is 13.2 Å². The van der Waals surface area contributed by atoms with Crippen molar-refractivity contribution in [2.24, 2.45) is 5.16 Å². The van der Waals surface area contributed by atoms with Gasteiger partial charge in [0.25, 0.3) is 0 Å². The van der Waals surface area contributed by atoms with E-state index in [1.54, 1.807) is 6.26 Å². The summed E-state index contributed by atoms with van der Waals surface area (Å²) in [6.07, 6.45) is 4.69. The monoisotopic (exact) mass is 350 g/mol. The van der Waals surface area contributed by atoms with Gasteiger partial charge in [0.05, 0.1) is 6.26 Å². The van der Waals surface area contributed by atoms with Gasteiger partial charge in [-0.2, -0.15) is 0 Å². The molecule has 0 unspecified atom stereocenters. The van der Waals surface area contributed by atoms with Crippen LogP contribution in [0.3, 0.4) is 0 Å². The van der Waals surface area contributed by atoms with Crippen LogP contribution in [-0.4, -0.2) is 38.8 Å². The Hall–Kier alpha value is -2.63. The van der Waals surface area contributed by atoms with Crippen LogP contribution in [0, 0.1) is 0 Å². The van der Waals surface area contributed by atoms with Crippen LogP contribution in [0.2, 0.25) is 0 Å². The zero-order chi connectivity index (χ0) is 17.9. The minimum Gasteiger partial charge on any atom is -0.464 e. The SMILES string of the molecule is CN(C)CCCOCC1=Cc2cccc3c(cc4cccoc43)c2=NO1. The summed E-state index contributed by atoms with van der Waals surface area (Å²) < 4.78 is 11.4. The molecular weight excluding hydrogens is 328 g/mol. The third kappa shape index (κ3) is 3.36. The maximum Gasteiger partial charge on any atom is 0.161 e. The quantitative estimate of drug-likeness (QED) is 0.636. The molecule has 2 heterocycles. The largest absolute Gasteiger partial charge is 0.464 e. The highest BCUT2D eigenvalue weighted by Gasteiger charge is 2.12. The summed E-state index contributed by atoms with van der Waals surface area (Å²) in [4.78, 5) is 7.74. The van der Waals surface area contributed by atoms with Gasteiger partial charge in [-0.1, -0.05) is 23.4 Å². The highest BCUT2D eigenvalue weighted by Crippen LogP contribution is 2.26. The first-order valence-corrected chi connectivity index (χ1v) is 8.80. The van der Waals surface area contributed by atoms with Crippen molar-refractivity contribution in [2.75, 3.05) is 33.9 Å². The first-order chi connectivity index (χ1) is 12.7. The number of hydrogen-bond acceptors (Lipinski definition) is 5. The van der Waals surface area contributed by atoms with Crippen LogP contribution >= 0.6 is 0 Å². The fourth-order valence-corrected chi connectivity index (χ4v) is 3.17. The second-order valence-electron chi connectivity index (χ2n) is 6.70. The summed E-state index contributed by atoms with van der Waals surface area (Å²) >= 11 is 0. The van der Waals surface area contributed by atoms with Crippen molar-refractivity contribution in [2.45, 2.75) is 6.42 Å². The van der Waals surface area contributed by atoms with Gasteiger partial charge in [-0.3, -0.25) is 0 Å². The average Bonchev–Trinajstić information content (AvgIpc) is 2.90. The van der Waals surface area contributed by atoms with Gasteiger partial charge in [0, 0.05) is 28.3 Å². The van der Waals surface area contributed by atoms with Crippen molar-refractivity contribution in [3.63, 3.8) is 0 Å². The predicted molar refractivity (Wildman–Crippen MR) is 102 cm³/mol. The molecule has 0 amide bonds. The Morgan fingerprint density at radius 1 is 1.12 bits per heavy atom. The molecule has 2 aromatic carbocycles. The summed E-state index contributed by atoms with van der Waals surface area (Å²) in [5.74, 6) is 0.725. The molecule has 0 aliphatic carbocycles. The van der Waals surface area contributed by atoms with Gasteiger partial charge in [0.1, 0.15) is 17.5 Å². The average molecular weight is 350 g/mol. The summed E-state index contributed by atoms with van der Waals surface area (Å²) in [5.41, 5.74) is 1.89. The summed E-state index contributed by atoms with van der Waals surface area (Å²) in [6, 6.07) is 12.2. The number of nitrogens with zero attached hydrogens (tertiary/aromatic N) is 2. The lowest BCUT2D eigenvalue weighted by Gasteiger charge is -2.11. The first kappa shape index (κ1) is 16.8. The fraction of sp³-hybridized carbons (Fsp3) is 0.286. The molecule has 0 bridgehead atoms. The van der Waals surface area contributed by atoms with E-state index in [9.17, 15) is 0 Å².